The second-order valence-electron chi connectivity index (χ2n) is 6.09. The van der Waals surface area contributed by atoms with Crippen LogP contribution in [0, 0.1) is 12.7 Å². The summed E-state index contributed by atoms with van der Waals surface area (Å²) in [6, 6.07) is 3.10. The van der Waals surface area contributed by atoms with Gasteiger partial charge in [0.15, 0.2) is 0 Å². The van der Waals surface area contributed by atoms with Crippen molar-refractivity contribution < 1.29 is 9.13 Å². The molecule has 6 nitrogen and oxygen atoms in total. The molecule has 1 heterocycles. The van der Waals surface area contributed by atoms with Gasteiger partial charge in [-0.3, -0.25) is 4.90 Å². The van der Waals surface area contributed by atoms with Gasteiger partial charge in [0, 0.05) is 6.07 Å². The quantitative estimate of drug-likeness (QED) is 0.875. The molecule has 23 heavy (non-hydrogen) atoms. The number of guanidine groups is 2. The SMILES string of the molecule is COc1cc(C)c(F)cc1N1C(N)=NC(N)=NC12CCCCC2. The average molecular weight is 319 g/mol. The van der Waals surface area contributed by atoms with Gasteiger partial charge in [-0.15, -0.1) is 0 Å². The second-order valence-corrected chi connectivity index (χ2v) is 6.09. The molecular weight excluding hydrogens is 297 g/mol. The number of methoxy groups -OCH3 is 1. The molecule has 0 radical (unpaired) electrons. The van der Waals surface area contributed by atoms with Crippen molar-refractivity contribution in [1.82, 2.24) is 0 Å². The van der Waals surface area contributed by atoms with E-state index in [1.165, 1.54) is 6.07 Å². The molecule has 0 unspecified atom stereocenters. The molecule has 7 heteroatoms. The van der Waals surface area contributed by atoms with Gasteiger partial charge >= 0.3 is 0 Å². The van der Waals surface area contributed by atoms with Crippen molar-refractivity contribution in [3.8, 4) is 5.75 Å². The Morgan fingerprint density at radius 1 is 1.22 bits per heavy atom. The molecule has 1 fully saturated rings. The fourth-order valence-corrected chi connectivity index (χ4v) is 3.45. The van der Waals surface area contributed by atoms with Crippen molar-refractivity contribution in [3.05, 3.63) is 23.5 Å². The number of benzene rings is 1. The topological polar surface area (TPSA) is 89.2 Å². The van der Waals surface area contributed by atoms with Crippen LogP contribution in [-0.4, -0.2) is 24.7 Å². The number of aliphatic imine (C=N–C) groups is 2. The first-order chi connectivity index (χ1) is 11.0. The zero-order valence-corrected chi connectivity index (χ0v) is 13.5. The highest BCUT2D eigenvalue weighted by Crippen LogP contribution is 2.43. The predicted molar refractivity (Wildman–Crippen MR) is 89.2 cm³/mol. The maximum atomic E-state index is 14.2. The number of nitrogens with zero attached hydrogens (tertiary/aromatic N) is 3. The zero-order chi connectivity index (χ0) is 16.6. The minimum absolute atomic E-state index is 0.173. The average Bonchev–Trinajstić information content (AvgIpc) is 2.50. The van der Waals surface area contributed by atoms with Crippen molar-refractivity contribution in [2.75, 3.05) is 12.0 Å². The first-order valence-electron chi connectivity index (χ1n) is 7.81. The normalized spacial score (nSPS) is 20.2. The Hall–Kier alpha value is -2.31. The molecule has 1 aliphatic heterocycles. The van der Waals surface area contributed by atoms with Crippen LogP contribution in [0.1, 0.15) is 37.7 Å². The lowest BCUT2D eigenvalue weighted by atomic mass is 9.87. The van der Waals surface area contributed by atoms with Crippen molar-refractivity contribution in [1.29, 1.82) is 0 Å². The third-order valence-corrected chi connectivity index (χ3v) is 4.55. The lowest BCUT2D eigenvalue weighted by molar-refractivity contribution is 0.302. The highest BCUT2D eigenvalue weighted by Gasteiger charge is 2.43. The number of rotatable bonds is 2. The summed E-state index contributed by atoms with van der Waals surface area (Å²) in [5, 5.41) is 0. The lowest BCUT2D eigenvalue weighted by Gasteiger charge is -2.45. The largest absolute Gasteiger partial charge is 0.495 e. The van der Waals surface area contributed by atoms with Gasteiger partial charge in [0.1, 0.15) is 17.2 Å². The molecule has 2 aliphatic rings. The first-order valence-corrected chi connectivity index (χ1v) is 7.81. The molecule has 3 rings (SSSR count). The van der Waals surface area contributed by atoms with E-state index in [-0.39, 0.29) is 17.7 Å². The lowest BCUT2D eigenvalue weighted by Crippen LogP contribution is -2.58. The summed E-state index contributed by atoms with van der Waals surface area (Å²) in [6.07, 6.45) is 4.75. The fraction of sp³-hybridized carbons (Fsp3) is 0.500. The van der Waals surface area contributed by atoms with Gasteiger partial charge in [-0.2, -0.15) is 4.99 Å². The van der Waals surface area contributed by atoms with Gasteiger partial charge in [0.25, 0.3) is 0 Å². The van der Waals surface area contributed by atoms with E-state index in [0.717, 1.165) is 32.1 Å². The summed E-state index contributed by atoms with van der Waals surface area (Å²) in [4.78, 5) is 10.5. The van der Waals surface area contributed by atoms with E-state index in [1.54, 1.807) is 25.0 Å². The molecule has 1 spiro atoms. The number of hydrogen-bond acceptors (Lipinski definition) is 6. The minimum atomic E-state index is -0.608. The van der Waals surface area contributed by atoms with Crippen molar-refractivity contribution in [2.24, 2.45) is 21.5 Å². The first kappa shape index (κ1) is 15.6. The van der Waals surface area contributed by atoms with Crippen LogP contribution in [0.5, 0.6) is 5.75 Å². The molecule has 0 bridgehead atoms. The summed E-state index contributed by atoms with van der Waals surface area (Å²) < 4.78 is 19.6. The van der Waals surface area contributed by atoms with Gasteiger partial charge in [-0.05, 0) is 44.2 Å². The Kier molecular flexibility index (Phi) is 3.87. The fourth-order valence-electron chi connectivity index (χ4n) is 3.45. The van der Waals surface area contributed by atoms with Crippen LogP contribution in [0.25, 0.3) is 0 Å². The van der Waals surface area contributed by atoms with Crippen LogP contribution in [0.4, 0.5) is 10.1 Å². The van der Waals surface area contributed by atoms with Gasteiger partial charge in [0.2, 0.25) is 11.9 Å². The minimum Gasteiger partial charge on any atom is -0.495 e. The summed E-state index contributed by atoms with van der Waals surface area (Å²) >= 11 is 0. The van der Waals surface area contributed by atoms with Crippen LogP contribution in [0.15, 0.2) is 22.1 Å². The van der Waals surface area contributed by atoms with Crippen molar-refractivity contribution in [3.63, 3.8) is 0 Å². The van der Waals surface area contributed by atoms with Crippen LogP contribution in [0.2, 0.25) is 0 Å². The van der Waals surface area contributed by atoms with Gasteiger partial charge < -0.3 is 16.2 Å². The Morgan fingerprint density at radius 2 is 1.91 bits per heavy atom. The molecule has 124 valence electrons. The molecule has 1 saturated carbocycles. The molecule has 0 aromatic heterocycles. The van der Waals surface area contributed by atoms with Crippen molar-refractivity contribution >= 4 is 17.6 Å². The highest BCUT2D eigenvalue weighted by molar-refractivity contribution is 6.06. The smallest absolute Gasteiger partial charge is 0.220 e. The van der Waals surface area contributed by atoms with Crippen molar-refractivity contribution in [2.45, 2.75) is 44.7 Å². The second kappa shape index (κ2) is 5.72. The number of nitrogens with two attached hydrogens (primary N) is 2. The molecule has 0 saturated heterocycles. The van der Waals surface area contributed by atoms with Crippen LogP contribution in [0.3, 0.4) is 0 Å². The molecule has 0 amide bonds. The van der Waals surface area contributed by atoms with E-state index < -0.39 is 5.66 Å². The van der Waals surface area contributed by atoms with E-state index in [1.807, 2.05) is 0 Å². The molecule has 1 aromatic rings. The Morgan fingerprint density at radius 3 is 2.57 bits per heavy atom. The van der Waals surface area contributed by atoms with Crippen LogP contribution >= 0.6 is 0 Å². The molecule has 0 atom stereocenters. The van der Waals surface area contributed by atoms with E-state index in [0.29, 0.717) is 17.0 Å². The van der Waals surface area contributed by atoms with Crippen LogP contribution < -0.4 is 21.1 Å². The van der Waals surface area contributed by atoms with E-state index in [2.05, 4.69) is 9.98 Å². The summed E-state index contributed by atoms with van der Waals surface area (Å²) in [5.74, 6) is 0.623. The molecular formula is C16H22FN5O. The van der Waals surface area contributed by atoms with Crippen LogP contribution in [-0.2, 0) is 0 Å². The summed E-state index contributed by atoms with van der Waals surface area (Å²) in [6.45, 7) is 1.70. The third-order valence-electron chi connectivity index (χ3n) is 4.55. The number of ether oxygens (including phenoxy) is 1. The predicted octanol–water partition coefficient (Wildman–Crippen LogP) is 2.25. The number of anilines is 1. The molecule has 1 aliphatic carbocycles. The standard InChI is InChI=1S/C16H22FN5O/c1-10-8-13(23-2)12(9-11(10)17)22-15(19)20-14(18)21-16(22)6-4-3-5-7-16/h8-9H,3-7H2,1-2H3,(H4,18,19,20,21). The molecule has 4 N–H and O–H groups in total. The molecule has 1 aromatic carbocycles. The number of halogens is 1. The number of aryl methyl sites for hydroxylation is 1. The highest BCUT2D eigenvalue weighted by atomic mass is 19.1. The van der Waals surface area contributed by atoms with Gasteiger partial charge in [-0.1, -0.05) is 6.42 Å². The zero-order valence-electron chi connectivity index (χ0n) is 13.5. The summed E-state index contributed by atoms with van der Waals surface area (Å²) in [7, 11) is 1.55. The van der Waals surface area contributed by atoms with E-state index >= 15 is 0 Å². The summed E-state index contributed by atoms with van der Waals surface area (Å²) in [5.41, 5.74) is 12.4. The van der Waals surface area contributed by atoms with Gasteiger partial charge in [0.05, 0.1) is 12.8 Å². The monoisotopic (exact) mass is 319 g/mol. The van der Waals surface area contributed by atoms with E-state index in [9.17, 15) is 4.39 Å². The maximum Gasteiger partial charge on any atom is 0.220 e. The van der Waals surface area contributed by atoms with E-state index in [4.69, 9.17) is 16.2 Å². The maximum absolute atomic E-state index is 14.2. The van der Waals surface area contributed by atoms with Gasteiger partial charge in [-0.25, -0.2) is 9.38 Å². The third kappa shape index (κ3) is 2.60. The number of hydrogen-bond donors (Lipinski definition) is 2. The Balaban J connectivity index is 2.16. The Labute approximate surface area is 135 Å². The Bertz CT molecular complexity index is 679.